The lowest BCUT2D eigenvalue weighted by Crippen LogP contribution is -2.53. The monoisotopic (exact) mass is 420 g/mol. The molecule has 3 saturated carbocycles. The van der Waals surface area contributed by atoms with Crippen molar-refractivity contribution in [3.8, 4) is 11.4 Å². The molecule has 3 aliphatic rings. The molecule has 0 amide bonds. The molecule has 7 rings (SSSR count). The molecule has 0 radical (unpaired) electrons. The lowest BCUT2D eigenvalue weighted by molar-refractivity contribution is 0.109. The van der Waals surface area contributed by atoms with Crippen molar-refractivity contribution in [1.29, 1.82) is 0 Å². The number of aromatic nitrogens is 5. The zero-order valence-corrected chi connectivity index (χ0v) is 18.0. The molecule has 0 atom stereocenters. The lowest BCUT2D eigenvalue weighted by Gasteiger charge is -2.51. The highest BCUT2D eigenvalue weighted by molar-refractivity contribution is 7.17. The molecule has 30 heavy (non-hydrogen) atoms. The molecule has 4 heterocycles. The molecule has 2 bridgehead atoms. The van der Waals surface area contributed by atoms with Gasteiger partial charge in [-0.3, -0.25) is 9.20 Å². The summed E-state index contributed by atoms with van der Waals surface area (Å²) in [6.07, 6.45) is 10.4. The number of thiazole rings is 1. The van der Waals surface area contributed by atoms with Gasteiger partial charge in [0.15, 0.2) is 10.6 Å². The Hall–Kier alpha value is -2.58. The van der Waals surface area contributed by atoms with Crippen molar-refractivity contribution in [2.24, 2.45) is 5.73 Å². The van der Waals surface area contributed by atoms with Gasteiger partial charge in [0.25, 0.3) is 5.56 Å². The Balaban J connectivity index is 1.46. The molecular formula is C22H24N6OS. The number of nitrogens with zero attached hydrogens (tertiary/aromatic N) is 5. The topological polar surface area (TPSA) is 90.6 Å². The van der Waals surface area contributed by atoms with E-state index in [4.69, 9.17) is 10.7 Å². The van der Waals surface area contributed by atoms with E-state index in [1.807, 2.05) is 32.3 Å². The average molecular weight is 421 g/mol. The standard InChI is InChI=1S/C22H24N6OS/c1-13-9-16(26-28-11-14(2)24-19(13)28)15-10-18(29)27-12-17(30-20(27)25-15)21-3-6-22(23,7-4-21)8-5-21/h9-12H,3-8,23H2,1-2H3. The molecule has 4 aromatic heterocycles. The quantitative estimate of drug-likeness (QED) is 0.537. The van der Waals surface area contributed by atoms with Crippen molar-refractivity contribution in [2.75, 3.05) is 0 Å². The van der Waals surface area contributed by atoms with Crippen molar-refractivity contribution >= 4 is 21.9 Å². The third-order valence-electron chi connectivity index (χ3n) is 7.19. The SMILES string of the molecule is Cc1cn2nc(-c3cc(=O)n4cc(C56CCC(N)(CC5)CC6)sc4n3)cc(C)c2n1. The average Bonchev–Trinajstić information content (AvgIpc) is 3.33. The molecule has 3 aliphatic carbocycles. The van der Waals surface area contributed by atoms with Gasteiger partial charge in [-0.25, -0.2) is 14.5 Å². The minimum Gasteiger partial charge on any atom is -0.325 e. The second-order valence-electron chi connectivity index (χ2n) is 9.23. The number of nitrogens with two attached hydrogens (primary N) is 1. The van der Waals surface area contributed by atoms with Gasteiger partial charge in [0.1, 0.15) is 5.69 Å². The summed E-state index contributed by atoms with van der Waals surface area (Å²) in [5.41, 5.74) is 10.7. The van der Waals surface area contributed by atoms with Gasteiger partial charge in [-0.2, -0.15) is 5.10 Å². The first-order valence-corrected chi connectivity index (χ1v) is 11.3. The van der Waals surface area contributed by atoms with Gasteiger partial charge >= 0.3 is 0 Å². The minimum absolute atomic E-state index is 0.0362. The van der Waals surface area contributed by atoms with E-state index in [0.29, 0.717) is 11.4 Å². The normalized spacial score (nSPS) is 26.1. The smallest absolute Gasteiger partial charge is 0.259 e. The summed E-state index contributed by atoms with van der Waals surface area (Å²) in [4.78, 5) is 24.3. The lowest BCUT2D eigenvalue weighted by atomic mass is 9.57. The highest BCUT2D eigenvalue weighted by Crippen LogP contribution is 2.53. The van der Waals surface area contributed by atoms with Gasteiger partial charge in [-0.1, -0.05) is 0 Å². The maximum atomic E-state index is 12.9. The Bertz CT molecular complexity index is 1360. The molecular weight excluding hydrogens is 396 g/mol. The van der Waals surface area contributed by atoms with Gasteiger partial charge in [0, 0.05) is 28.1 Å². The maximum absolute atomic E-state index is 12.9. The first-order valence-electron chi connectivity index (χ1n) is 10.5. The summed E-state index contributed by atoms with van der Waals surface area (Å²) in [5, 5.41) is 4.65. The Morgan fingerprint density at radius 1 is 1.00 bits per heavy atom. The molecule has 0 saturated heterocycles. The summed E-state index contributed by atoms with van der Waals surface area (Å²) in [7, 11) is 0. The Labute approximate surface area is 177 Å². The molecule has 154 valence electrons. The van der Waals surface area contributed by atoms with E-state index in [1.54, 1.807) is 26.3 Å². The predicted octanol–water partition coefficient (Wildman–Crippen LogP) is 3.39. The highest BCUT2D eigenvalue weighted by Gasteiger charge is 2.48. The molecule has 3 fully saturated rings. The first-order chi connectivity index (χ1) is 14.3. The van der Waals surface area contributed by atoms with E-state index >= 15 is 0 Å². The number of hydrogen-bond donors (Lipinski definition) is 1. The van der Waals surface area contributed by atoms with Crippen LogP contribution in [0.3, 0.4) is 0 Å². The van der Waals surface area contributed by atoms with Gasteiger partial charge in [-0.05, 0) is 64.0 Å². The molecule has 8 heteroatoms. The number of fused-ring (bicyclic) bond motifs is 5. The molecule has 0 aliphatic heterocycles. The van der Waals surface area contributed by atoms with Gasteiger partial charge in [0.05, 0.1) is 17.6 Å². The van der Waals surface area contributed by atoms with Crippen molar-refractivity contribution in [2.45, 2.75) is 63.3 Å². The molecule has 7 nitrogen and oxygen atoms in total. The maximum Gasteiger partial charge on any atom is 0.259 e. The van der Waals surface area contributed by atoms with Crippen LogP contribution in [-0.4, -0.2) is 29.5 Å². The fraction of sp³-hybridized carbons (Fsp3) is 0.455. The van der Waals surface area contributed by atoms with E-state index in [1.165, 1.54) is 4.88 Å². The summed E-state index contributed by atoms with van der Waals surface area (Å²) in [6.45, 7) is 3.95. The van der Waals surface area contributed by atoms with Crippen molar-refractivity contribution < 1.29 is 0 Å². The van der Waals surface area contributed by atoms with Crippen LogP contribution in [0.1, 0.15) is 54.7 Å². The first kappa shape index (κ1) is 18.2. The largest absolute Gasteiger partial charge is 0.325 e. The fourth-order valence-electron chi connectivity index (χ4n) is 5.23. The summed E-state index contributed by atoms with van der Waals surface area (Å²) in [5.74, 6) is 0. The van der Waals surface area contributed by atoms with Crippen LogP contribution in [0.2, 0.25) is 0 Å². The summed E-state index contributed by atoms with van der Waals surface area (Å²) in [6, 6.07) is 3.54. The summed E-state index contributed by atoms with van der Waals surface area (Å²) < 4.78 is 3.47. The van der Waals surface area contributed by atoms with Gasteiger partial charge in [0.2, 0.25) is 0 Å². The predicted molar refractivity (Wildman–Crippen MR) is 117 cm³/mol. The number of rotatable bonds is 2. The van der Waals surface area contributed by atoms with Crippen molar-refractivity contribution in [3.05, 3.63) is 51.0 Å². The number of hydrogen-bond acceptors (Lipinski definition) is 6. The Morgan fingerprint density at radius 2 is 1.73 bits per heavy atom. The number of aryl methyl sites for hydroxylation is 2. The minimum atomic E-state index is -0.0601. The van der Waals surface area contributed by atoms with Crippen LogP contribution in [0, 0.1) is 13.8 Å². The molecule has 4 aromatic rings. The third-order valence-corrected chi connectivity index (χ3v) is 8.42. The van der Waals surface area contributed by atoms with E-state index in [9.17, 15) is 4.79 Å². The molecule has 0 spiro atoms. The molecule has 0 aromatic carbocycles. The van der Waals surface area contributed by atoms with Gasteiger partial charge in [-0.15, -0.1) is 11.3 Å². The second-order valence-corrected chi connectivity index (χ2v) is 10.2. The van der Waals surface area contributed by atoms with Gasteiger partial charge < -0.3 is 5.73 Å². The van der Waals surface area contributed by atoms with Crippen LogP contribution in [0.15, 0.2) is 29.3 Å². The highest BCUT2D eigenvalue weighted by atomic mass is 32.1. The van der Waals surface area contributed by atoms with Crippen LogP contribution < -0.4 is 11.3 Å². The van der Waals surface area contributed by atoms with Crippen LogP contribution in [0.5, 0.6) is 0 Å². The Morgan fingerprint density at radius 3 is 2.47 bits per heavy atom. The zero-order valence-electron chi connectivity index (χ0n) is 17.2. The Kier molecular flexibility index (Phi) is 3.63. The van der Waals surface area contributed by atoms with Crippen LogP contribution >= 0.6 is 11.3 Å². The van der Waals surface area contributed by atoms with E-state index in [0.717, 1.165) is 60.4 Å². The third kappa shape index (κ3) is 2.60. The van der Waals surface area contributed by atoms with Crippen molar-refractivity contribution in [3.63, 3.8) is 0 Å². The summed E-state index contributed by atoms with van der Waals surface area (Å²) >= 11 is 1.65. The van der Waals surface area contributed by atoms with E-state index in [-0.39, 0.29) is 16.5 Å². The molecule has 2 N–H and O–H groups in total. The van der Waals surface area contributed by atoms with Crippen LogP contribution in [0.4, 0.5) is 0 Å². The number of imidazole rings is 1. The molecule has 0 unspecified atom stereocenters. The second kappa shape index (κ2) is 5.98. The fourth-order valence-corrected chi connectivity index (χ4v) is 6.50. The van der Waals surface area contributed by atoms with E-state index in [2.05, 4.69) is 10.1 Å². The van der Waals surface area contributed by atoms with Crippen LogP contribution in [-0.2, 0) is 5.41 Å². The van der Waals surface area contributed by atoms with E-state index < -0.39 is 0 Å². The zero-order chi connectivity index (χ0) is 20.7. The van der Waals surface area contributed by atoms with Crippen molar-refractivity contribution in [1.82, 2.24) is 24.0 Å². The van der Waals surface area contributed by atoms with Crippen LogP contribution in [0.25, 0.3) is 22.0 Å².